The molecule has 104 valence electrons. The summed E-state index contributed by atoms with van der Waals surface area (Å²) in [4.78, 5) is 6.27. The van der Waals surface area contributed by atoms with E-state index in [2.05, 4.69) is 58.5 Å². The lowest BCUT2D eigenvalue weighted by Gasteiger charge is -2.20. The van der Waals surface area contributed by atoms with Crippen molar-refractivity contribution in [2.24, 2.45) is 5.10 Å². The van der Waals surface area contributed by atoms with Gasteiger partial charge in [0, 0.05) is 31.2 Å². The Kier molecular flexibility index (Phi) is 5.12. The van der Waals surface area contributed by atoms with Crippen LogP contribution in [0.1, 0.15) is 19.4 Å². The number of nitrogens with one attached hydrogen (secondary N) is 1. The van der Waals surface area contributed by atoms with Crippen LogP contribution in [0.25, 0.3) is 0 Å². The maximum absolute atomic E-state index is 4.21. The minimum Gasteiger partial charge on any atom is -0.372 e. The van der Waals surface area contributed by atoms with Crippen LogP contribution in [0.3, 0.4) is 0 Å². The summed E-state index contributed by atoms with van der Waals surface area (Å²) in [6, 6.07) is 12.2. The minimum absolute atomic E-state index is 0.927. The van der Waals surface area contributed by atoms with Gasteiger partial charge in [0.25, 0.3) is 0 Å². The molecule has 0 bridgehead atoms. The van der Waals surface area contributed by atoms with E-state index in [1.807, 2.05) is 18.3 Å². The van der Waals surface area contributed by atoms with Crippen molar-refractivity contribution >= 4 is 17.6 Å². The van der Waals surface area contributed by atoms with Crippen molar-refractivity contribution in [1.29, 1.82) is 0 Å². The van der Waals surface area contributed by atoms with Gasteiger partial charge in [-0.05, 0) is 43.7 Å². The van der Waals surface area contributed by atoms with Gasteiger partial charge in [0.05, 0.1) is 11.9 Å². The molecular weight excluding hydrogens is 248 g/mol. The molecule has 0 unspecified atom stereocenters. The molecule has 0 radical (unpaired) electrons. The Morgan fingerprint density at radius 1 is 1.05 bits per heavy atom. The number of anilines is 2. The predicted octanol–water partition coefficient (Wildman–Crippen LogP) is 3.37. The highest BCUT2D eigenvalue weighted by atomic mass is 15.3. The van der Waals surface area contributed by atoms with Crippen LogP contribution in [0, 0.1) is 0 Å². The summed E-state index contributed by atoms with van der Waals surface area (Å²) in [6.07, 6.45) is 5.28. The molecule has 4 nitrogen and oxygen atoms in total. The summed E-state index contributed by atoms with van der Waals surface area (Å²) in [5.74, 6) is 0. The van der Waals surface area contributed by atoms with Crippen LogP contribution < -0.4 is 10.3 Å². The second-order valence-electron chi connectivity index (χ2n) is 4.37. The van der Waals surface area contributed by atoms with Crippen LogP contribution in [-0.2, 0) is 0 Å². The van der Waals surface area contributed by atoms with Gasteiger partial charge in [-0.25, -0.2) is 0 Å². The van der Waals surface area contributed by atoms with Crippen molar-refractivity contribution in [3.8, 4) is 0 Å². The van der Waals surface area contributed by atoms with Gasteiger partial charge in [0.15, 0.2) is 0 Å². The molecule has 0 atom stereocenters. The van der Waals surface area contributed by atoms with Crippen molar-refractivity contribution in [1.82, 2.24) is 4.98 Å². The molecule has 1 aromatic heterocycles. The molecule has 0 fully saturated rings. The molecule has 0 aliphatic carbocycles. The highest BCUT2D eigenvalue weighted by molar-refractivity contribution is 5.80. The summed E-state index contributed by atoms with van der Waals surface area (Å²) in [5, 5.41) is 4.21. The number of hydrogen-bond donors (Lipinski definition) is 1. The number of benzene rings is 1. The molecule has 0 saturated carbocycles. The number of rotatable bonds is 6. The molecular formula is C16H20N4. The first-order chi connectivity index (χ1) is 9.83. The molecule has 1 heterocycles. The van der Waals surface area contributed by atoms with E-state index in [0.717, 1.165) is 24.3 Å². The van der Waals surface area contributed by atoms with E-state index >= 15 is 0 Å². The first-order valence-electron chi connectivity index (χ1n) is 6.87. The van der Waals surface area contributed by atoms with E-state index in [4.69, 9.17) is 0 Å². The Labute approximate surface area is 120 Å². The van der Waals surface area contributed by atoms with Crippen LogP contribution >= 0.6 is 0 Å². The summed E-state index contributed by atoms with van der Waals surface area (Å²) < 4.78 is 0. The smallest absolute Gasteiger partial charge is 0.0592 e. The fraction of sp³-hybridized carbons (Fsp3) is 0.250. The van der Waals surface area contributed by atoms with Crippen molar-refractivity contribution in [2.45, 2.75) is 13.8 Å². The summed E-state index contributed by atoms with van der Waals surface area (Å²) in [5.41, 5.74) is 6.22. The van der Waals surface area contributed by atoms with Crippen LogP contribution in [0.15, 0.2) is 53.9 Å². The number of hydrogen-bond acceptors (Lipinski definition) is 4. The van der Waals surface area contributed by atoms with E-state index in [1.165, 1.54) is 5.69 Å². The quantitative estimate of drug-likeness (QED) is 0.645. The van der Waals surface area contributed by atoms with Gasteiger partial charge in [-0.1, -0.05) is 12.1 Å². The Hall–Kier alpha value is -2.36. The van der Waals surface area contributed by atoms with Gasteiger partial charge in [0.1, 0.15) is 0 Å². The molecule has 1 aromatic carbocycles. The molecule has 0 amide bonds. The second kappa shape index (κ2) is 7.28. The summed E-state index contributed by atoms with van der Waals surface area (Å²) in [7, 11) is 0. The molecule has 0 spiro atoms. The van der Waals surface area contributed by atoms with Crippen LogP contribution in [-0.4, -0.2) is 24.3 Å². The molecule has 20 heavy (non-hydrogen) atoms. The van der Waals surface area contributed by atoms with Gasteiger partial charge in [-0.15, -0.1) is 0 Å². The van der Waals surface area contributed by atoms with Crippen LogP contribution in [0.5, 0.6) is 0 Å². The van der Waals surface area contributed by atoms with E-state index < -0.39 is 0 Å². The van der Waals surface area contributed by atoms with E-state index in [1.54, 1.807) is 12.4 Å². The molecule has 0 aliphatic heterocycles. The average molecular weight is 268 g/mol. The lowest BCUT2D eigenvalue weighted by Crippen LogP contribution is -2.21. The number of nitrogens with zero attached hydrogens (tertiary/aromatic N) is 3. The minimum atomic E-state index is 0.927. The predicted molar refractivity (Wildman–Crippen MR) is 85.5 cm³/mol. The van der Waals surface area contributed by atoms with Gasteiger partial charge in [-0.3, -0.25) is 10.4 Å². The van der Waals surface area contributed by atoms with Crippen molar-refractivity contribution in [2.75, 3.05) is 23.4 Å². The second-order valence-corrected chi connectivity index (χ2v) is 4.37. The zero-order chi connectivity index (χ0) is 14.2. The summed E-state index contributed by atoms with van der Waals surface area (Å²) >= 11 is 0. The number of aromatic nitrogens is 1. The van der Waals surface area contributed by atoms with Gasteiger partial charge in [0.2, 0.25) is 0 Å². The maximum Gasteiger partial charge on any atom is 0.0592 e. The van der Waals surface area contributed by atoms with E-state index in [9.17, 15) is 0 Å². The topological polar surface area (TPSA) is 40.5 Å². The van der Waals surface area contributed by atoms with E-state index in [0.29, 0.717) is 0 Å². The first-order valence-corrected chi connectivity index (χ1v) is 6.87. The lowest BCUT2D eigenvalue weighted by atomic mass is 10.2. The van der Waals surface area contributed by atoms with Gasteiger partial charge >= 0.3 is 0 Å². The fourth-order valence-electron chi connectivity index (χ4n) is 1.97. The maximum atomic E-state index is 4.21. The molecule has 0 aliphatic rings. The number of hydrazone groups is 1. The highest BCUT2D eigenvalue weighted by Crippen LogP contribution is 2.14. The number of pyridine rings is 1. The standard InChI is InChI=1S/C16H20N4/c1-3-20(4-2)16-7-5-14(6-8-16)13-18-19-15-9-11-17-12-10-15/h5-13H,3-4H2,1-2H3,(H,17,19)/b18-13-. The normalized spacial score (nSPS) is 10.7. The van der Waals surface area contributed by atoms with Crippen LogP contribution in [0.4, 0.5) is 11.4 Å². The monoisotopic (exact) mass is 268 g/mol. The fourth-order valence-corrected chi connectivity index (χ4v) is 1.97. The van der Waals surface area contributed by atoms with Crippen LogP contribution in [0.2, 0.25) is 0 Å². The Balaban J connectivity index is 1.97. The molecule has 0 saturated heterocycles. The SMILES string of the molecule is CCN(CC)c1ccc(/C=N\Nc2ccncc2)cc1. The Morgan fingerprint density at radius 3 is 2.30 bits per heavy atom. The molecule has 1 N–H and O–H groups in total. The first kappa shape index (κ1) is 14.1. The van der Waals surface area contributed by atoms with Crippen molar-refractivity contribution < 1.29 is 0 Å². The van der Waals surface area contributed by atoms with E-state index in [-0.39, 0.29) is 0 Å². The highest BCUT2D eigenvalue weighted by Gasteiger charge is 2.00. The molecule has 2 rings (SSSR count). The summed E-state index contributed by atoms with van der Waals surface area (Å²) in [6.45, 7) is 6.37. The van der Waals surface area contributed by atoms with Gasteiger partial charge in [-0.2, -0.15) is 5.10 Å². The molecule has 4 heteroatoms. The lowest BCUT2D eigenvalue weighted by molar-refractivity contribution is 0.866. The molecule has 2 aromatic rings. The average Bonchev–Trinajstić information content (AvgIpc) is 2.51. The zero-order valence-electron chi connectivity index (χ0n) is 12.0. The zero-order valence-corrected chi connectivity index (χ0v) is 12.0. The van der Waals surface area contributed by atoms with Crippen molar-refractivity contribution in [3.63, 3.8) is 0 Å². The third kappa shape index (κ3) is 3.82. The largest absolute Gasteiger partial charge is 0.372 e. The van der Waals surface area contributed by atoms with Gasteiger partial charge < -0.3 is 4.90 Å². The third-order valence-electron chi connectivity index (χ3n) is 3.11. The van der Waals surface area contributed by atoms with Crippen molar-refractivity contribution in [3.05, 3.63) is 54.4 Å². The third-order valence-corrected chi connectivity index (χ3v) is 3.11. The Morgan fingerprint density at radius 2 is 1.70 bits per heavy atom. The Bertz CT molecular complexity index is 530.